The molecule has 0 aliphatic rings. The number of hydrogen-bond acceptors (Lipinski definition) is 5. The average Bonchev–Trinajstić information content (AvgIpc) is 3.17. The third kappa shape index (κ3) is 4.73. The molecule has 0 radical (unpaired) electrons. The maximum absolute atomic E-state index is 12.0. The summed E-state index contributed by atoms with van der Waals surface area (Å²) in [6.07, 6.45) is 3.17. The van der Waals surface area contributed by atoms with E-state index < -0.39 is 5.97 Å². The summed E-state index contributed by atoms with van der Waals surface area (Å²) in [5, 5.41) is 8.39. The molecule has 0 saturated carbocycles. The number of nitrogens with zero attached hydrogens (tertiary/aromatic N) is 3. The Hall–Kier alpha value is -3.15. The molecule has 0 fully saturated rings. The lowest BCUT2D eigenvalue weighted by molar-refractivity contribution is -0.139. The summed E-state index contributed by atoms with van der Waals surface area (Å²) in [6, 6.07) is 10.1. The van der Waals surface area contributed by atoms with Crippen LogP contribution in [0.15, 0.2) is 40.9 Å². The second-order valence-electron chi connectivity index (χ2n) is 6.60. The zero-order chi connectivity index (χ0) is 19.4. The second kappa shape index (κ2) is 8.03. The fraction of sp³-hybridized carbons (Fsp3) is 0.286. The first kappa shape index (κ1) is 18.6. The molecule has 2 aromatic heterocycles. The van der Waals surface area contributed by atoms with Crippen LogP contribution in [-0.2, 0) is 22.7 Å². The molecule has 27 heavy (non-hydrogen) atoms. The molecule has 140 valence electrons. The number of rotatable bonds is 6. The molecule has 6 nitrogen and oxygen atoms in total. The minimum absolute atomic E-state index is 0.0885. The monoisotopic (exact) mass is 365 g/mol. The van der Waals surface area contributed by atoms with E-state index >= 15 is 0 Å². The van der Waals surface area contributed by atoms with Crippen LogP contribution in [0.3, 0.4) is 0 Å². The van der Waals surface area contributed by atoms with Crippen molar-refractivity contribution < 1.29 is 14.1 Å². The van der Waals surface area contributed by atoms with Crippen LogP contribution < -0.4 is 0 Å². The molecule has 6 heteroatoms. The van der Waals surface area contributed by atoms with Gasteiger partial charge < -0.3 is 9.26 Å². The smallest absolute Gasteiger partial charge is 0.331 e. The largest absolute Gasteiger partial charge is 0.456 e. The number of benzene rings is 1. The van der Waals surface area contributed by atoms with Crippen LogP contribution in [0.4, 0.5) is 0 Å². The second-order valence-corrected chi connectivity index (χ2v) is 6.60. The molecule has 0 aliphatic carbocycles. The van der Waals surface area contributed by atoms with E-state index in [1.165, 1.54) is 17.2 Å². The van der Waals surface area contributed by atoms with Crippen molar-refractivity contribution >= 4 is 12.0 Å². The van der Waals surface area contributed by atoms with Gasteiger partial charge in [-0.1, -0.05) is 35.0 Å². The topological polar surface area (TPSA) is 70.2 Å². The Balaban J connectivity index is 1.65. The lowest BCUT2D eigenvalue weighted by Crippen LogP contribution is -2.04. The molecule has 0 amide bonds. The molecule has 3 aromatic rings. The molecule has 0 spiro atoms. The van der Waals surface area contributed by atoms with Gasteiger partial charge in [0.2, 0.25) is 0 Å². The molecule has 3 rings (SSSR count). The summed E-state index contributed by atoms with van der Waals surface area (Å²) >= 11 is 0. The van der Waals surface area contributed by atoms with Gasteiger partial charge in [0.15, 0.2) is 0 Å². The first-order chi connectivity index (χ1) is 12.9. The highest BCUT2D eigenvalue weighted by Gasteiger charge is 2.10. The minimum atomic E-state index is -0.430. The molecular formula is C21H23N3O3. The Kier molecular flexibility index (Phi) is 5.54. The number of carbonyl (C=O) groups excluding carboxylic acids is 1. The zero-order valence-corrected chi connectivity index (χ0v) is 16.0. The lowest BCUT2D eigenvalue weighted by atomic mass is 10.1. The standard InChI is InChI=1S/C21H23N3O3/c1-14-5-7-18(8-6-14)12-24-17(4)20(16(3)22-24)9-10-21(25)26-13-19-11-15(2)27-23-19/h5-11H,12-13H2,1-4H3/b10-9+. The van der Waals surface area contributed by atoms with E-state index in [4.69, 9.17) is 9.26 Å². The van der Waals surface area contributed by atoms with Crippen molar-refractivity contribution in [2.45, 2.75) is 40.8 Å². The third-order valence-electron chi connectivity index (χ3n) is 4.32. The predicted octanol–water partition coefficient (Wildman–Crippen LogP) is 3.91. The maximum atomic E-state index is 12.0. The highest BCUT2D eigenvalue weighted by Crippen LogP contribution is 2.17. The van der Waals surface area contributed by atoms with Gasteiger partial charge in [0.1, 0.15) is 18.1 Å². The molecular weight excluding hydrogens is 342 g/mol. The average molecular weight is 365 g/mol. The van der Waals surface area contributed by atoms with E-state index in [2.05, 4.69) is 41.4 Å². The maximum Gasteiger partial charge on any atom is 0.331 e. The van der Waals surface area contributed by atoms with Crippen molar-refractivity contribution in [3.05, 3.63) is 75.9 Å². The summed E-state index contributed by atoms with van der Waals surface area (Å²) in [5.41, 5.74) is 5.81. The Morgan fingerprint density at radius 1 is 1.19 bits per heavy atom. The van der Waals surface area contributed by atoms with Crippen LogP contribution in [0.25, 0.3) is 6.08 Å². The Morgan fingerprint density at radius 2 is 1.93 bits per heavy atom. The summed E-state index contributed by atoms with van der Waals surface area (Å²) in [5.74, 6) is 0.254. The van der Waals surface area contributed by atoms with Crippen molar-refractivity contribution in [1.82, 2.24) is 14.9 Å². The lowest BCUT2D eigenvalue weighted by Gasteiger charge is -2.05. The number of carbonyl (C=O) groups is 1. The zero-order valence-electron chi connectivity index (χ0n) is 16.0. The van der Waals surface area contributed by atoms with Gasteiger partial charge in [0.25, 0.3) is 0 Å². The molecule has 0 bridgehead atoms. The summed E-state index contributed by atoms with van der Waals surface area (Å²) in [4.78, 5) is 12.0. The number of ether oxygens (including phenoxy) is 1. The number of aromatic nitrogens is 3. The summed E-state index contributed by atoms with van der Waals surface area (Å²) in [6.45, 7) is 8.57. The van der Waals surface area contributed by atoms with Gasteiger partial charge in [-0.15, -0.1) is 0 Å². The van der Waals surface area contributed by atoms with Crippen LogP contribution >= 0.6 is 0 Å². The Morgan fingerprint density at radius 3 is 2.59 bits per heavy atom. The van der Waals surface area contributed by atoms with Gasteiger partial charge in [0, 0.05) is 23.4 Å². The van der Waals surface area contributed by atoms with E-state index in [1.54, 1.807) is 19.1 Å². The van der Waals surface area contributed by atoms with Crippen molar-refractivity contribution in [1.29, 1.82) is 0 Å². The van der Waals surface area contributed by atoms with E-state index in [0.29, 0.717) is 18.0 Å². The van der Waals surface area contributed by atoms with Crippen molar-refractivity contribution in [3.63, 3.8) is 0 Å². The van der Waals surface area contributed by atoms with Gasteiger partial charge in [-0.3, -0.25) is 4.68 Å². The molecule has 0 aliphatic heterocycles. The van der Waals surface area contributed by atoms with Gasteiger partial charge in [0.05, 0.1) is 12.2 Å². The van der Waals surface area contributed by atoms with Crippen LogP contribution in [0.1, 0.15) is 39.5 Å². The van der Waals surface area contributed by atoms with E-state index in [1.807, 2.05) is 18.5 Å². The van der Waals surface area contributed by atoms with E-state index in [9.17, 15) is 4.79 Å². The minimum Gasteiger partial charge on any atom is -0.456 e. The molecule has 0 atom stereocenters. The molecule has 0 N–H and O–H groups in total. The van der Waals surface area contributed by atoms with E-state index in [0.717, 1.165) is 17.0 Å². The van der Waals surface area contributed by atoms with Gasteiger partial charge >= 0.3 is 5.97 Å². The van der Waals surface area contributed by atoms with Crippen LogP contribution in [-0.4, -0.2) is 20.9 Å². The molecule has 0 saturated heterocycles. The van der Waals surface area contributed by atoms with Crippen LogP contribution in [0, 0.1) is 27.7 Å². The van der Waals surface area contributed by atoms with Crippen LogP contribution in [0.5, 0.6) is 0 Å². The molecule has 1 aromatic carbocycles. The highest BCUT2D eigenvalue weighted by molar-refractivity contribution is 5.87. The van der Waals surface area contributed by atoms with Crippen molar-refractivity contribution in [3.8, 4) is 0 Å². The summed E-state index contributed by atoms with van der Waals surface area (Å²) in [7, 11) is 0. The number of esters is 1. The predicted molar refractivity (Wildman–Crippen MR) is 102 cm³/mol. The number of hydrogen-bond donors (Lipinski definition) is 0. The van der Waals surface area contributed by atoms with Gasteiger partial charge in [-0.2, -0.15) is 5.10 Å². The third-order valence-corrected chi connectivity index (χ3v) is 4.32. The Bertz CT molecular complexity index is 965. The van der Waals surface area contributed by atoms with Gasteiger partial charge in [-0.25, -0.2) is 4.79 Å². The van der Waals surface area contributed by atoms with Crippen LogP contribution in [0.2, 0.25) is 0 Å². The van der Waals surface area contributed by atoms with E-state index in [-0.39, 0.29) is 6.61 Å². The molecule has 2 heterocycles. The normalized spacial score (nSPS) is 11.3. The van der Waals surface area contributed by atoms with Crippen molar-refractivity contribution in [2.75, 3.05) is 0 Å². The van der Waals surface area contributed by atoms with Gasteiger partial charge in [-0.05, 0) is 39.3 Å². The quantitative estimate of drug-likeness (QED) is 0.489. The first-order valence-corrected chi connectivity index (χ1v) is 8.79. The highest BCUT2D eigenvalue weighted by atomic mass is 16.5. The van der Waals surface area contributed by atoms with Crippen molar-refractivity contribution in [2.24, 2.45) is 0 Å². The fourth-order valence-corrected chi connectivity index (χ4v) is 2.80. The molecule has 0 unspecified atom stereocenters. The fourth-order valence-electron chi connectivity index (χ4n) is 2.80. The SMILES string of the molecule is Cc1ccc(Cn2nc(C)c(/C=C/C(=O)OCc3cc(C)on3)c2C)cc1. The Labute approximate surface area is 158 Å². The summed E-state index contributed by atoms with van der Waals surface area (Å²) < 4.78 is 12.1. The first-order valence-electron chi connectivity index (χ1n) is 8.79. The number of aryl methyl sites for hydroxylation is 3.